The molecule has 154 valence electrons. The molecule has 11 nitrogen and oxygen atoms in total. The second kappa shape index (κ2) is 7.78. The average molecular weight is 404 g/mol. The highest BCUT2D eigenvalue weighted by Gasteiger charge is 2.37. The molecule has 0 saturated carbocycles. The molecule has 29 heavy (non-hydrogen) atoms. The first-order valence-corrected chi connectivity index (χ1v) is 8.83. The number of ketones is 1. The van der Waals surface area contributed by atoms with Gasteiger partial charge >= 0.3 is 11.7 Å². The van der Waals surface area contributed by atoms with Gasteiger partial charge in [0.15, 0.2) is 12.4 Å². The van der Waals surface area contributed by atoms with Crippen LogP contribution in [0.15, 0.2) is 32.4 Å². The molecule has 0 aliphatic carbocycles. The number of anilines is 1. The molecule has 0 radical (unpaired) electrons. The Hall–Kier alpha value is -3.63. The fraction of sp³-hybridized carbons (Fsp3) is 0.389. The number of carbonyl (C=O) groups is 3. The predicted molar refractivity (Wildman–Crippen MR) is 99.4 cm³/mol. The van der Waals surface area contributed by atoms with Crippen LogP contribution in [0.2, 0.25) is 0 Å². The van der Waals surface area contributed by atoms with Crippen LogP contribution in [0.3, 0.4) is 0 Å². The number of aromatic nitrogens is 2. The Morgan fingerprint density at radius 3 is 2.62 bits per heavy atom. The van der Waals surface area contributed by atoms with Gasteiger partial charge in [-0.3, -0.25) is 23.5 Å². The van der Waals surface area contributed by atoms with E-state index in [9.17, 15) is 24.0 Å². The molecular weight excluding hydrogens is 384 g/mol. The van der Waals surface area contributed by atoms with Crippen molar-refractivity contribution in [3.05, 3.63) is 50.6 Å². The fourth-order valence-electron chi connectivity index (χ4n) is 3.22. The van der Waals surface area contributed by atoms with Crippen LogP contribution in [0.4, 0.5) is 5.82 Å². The summed E-state index contributed by atoms with van der Waals surface area (Å²) in [5.74, 6) is -2.27. The number of Topliss-reactive ketones (excluding diaryl/α,β-unsaturated/α-hetero) is 1. The van der Waals surface area contributed by atoms with Crippen LogP contribution in [-0.2, 0) is 23.6 Å². The normalized spacial score (nSPS) is 16.1. The summed E-state index contributed by atoms with van der Waals surface area (Å²) in [6, 6.07) is 2.19. The topological polar surface area (TPSA) is 147 Å². The summed E-state index contributed by atoms with van der Waals surface area (Å²) in [4.78, 5) is 62.7. The number of hydrogen-bond acceptors (Lipinski definition) is 8. The third kappa shape index (κ3) is 3.58. The smallest absolute Gasteiger partial charge is 0.332 e. The Bertz CT molecular complexity index is 1080. The molecular formula is C18H20N4O7. The quantitative estimate of drug-likeness (QED) is 0.508. The van der Waals surface area contributed by atoms with Gasteiger partial charge in [-0.2, -0.15) is 0 Å². The maximum atomic E-state index is 12.5. The van der Waals surface area contributed by atoms with E-state index in [1.165, 1.54) is 31.3 Å². The Morgan fingerprint density at radius 2 is 1.97 bits per heavy atom. The molecule has 2 N–H and O–H groups in total. The molecule has 0 aromatic carbocycles. The first-order valence-electron chi connectivity index (χ1n) is 8.83. The minimum absolute atomic E-state index is 0.0993. The van der Waals surface area contributed by atoms with E-state index >= 15 is 0 Å². The van der Waals surface area contributed by atoms with E-state index in [0.717, 1.165) is 9.13 Å². The summed E-state index contributed by atoms with van der Waals surface area (Å²) in [6.45, 7) is -0.392. The number of hydrogen-bond donors (Lipinski definition) is 1. The van der Waals surface area contributed by atoms with E-state index in [2.05, 4.69) is 0 Å². The largest absolute Gasteiger partial charge is 0.459 e. The summed E-state index contributed by atoms with van der Waals surface area (Å²) in [6.07, 6.45) is 2.32. The van der Waals surface area contributed by atoms with Crippen LogP contribution in [0.1, 0.15) is 33.8 Å². The van der Waals surface area contributed by atoms with E-state index in [0.29, 0.717) is 19.4 Å². The molecule has 2 aromatic heterocycles. The van der Waals surface area contributed by atoms with E-state index in [1.54, 1.807) is 6.07 Å². The number of nitrogens with two attached hydrogens (primary N) is 1. The molecule has 1 amide bonds. The zero-order valence-electron chi connectivity index (χ0n) is 15.9. The minimum Gasteiger partial charge on any atom is -0.459 e. The Morgan fingerprint density at radius 1 is 1.24 bits per heavy atom. The summed E-state index contributed by atoms with van der Waals surface area (Å²) in [5, 5.41) is 0. The molecule has 1 fully saturated rings. The molecule has 3 heterocycles. The van der Waals surface area contributed by atoms with Crippen molar-refractivity contribution in [2.75, 3.05) is 18.9 Å². The molecule has 0 spiro atoms. The number of nitrogen functional groups attached to an aromatic ring is 1. The molecule has 1 saturated heterocycles. The van der Waals surface area contributed by atoms with Crippen LogP contribution in [0.5, 0.6) is 0 Å². The first-order chi connectivity index (χ1) is 13.7. The second-order valence-corrected chi connectivity index (χ2v) is 6.63. The van der Waals surface area contributed by atoms with Crippen molar-refractivity contribution in [1.29, 1.82) is 0 Å². The summed E-state index contributed by atoms with van der Waals surface area (Å²) in [7, 11) is 2.53. The van der Waals surface area contributed by atoms with Gasteiger partial charge in [-0.15, -0.1) is 0 Å². The molecule has 1 aliphatic heterocycles. The highest BCUT2D eigenvalue weighted by atomic mass is 16.5. The maximum absolute atomic E-state index is 12.5. The Labute approximate surface area is 164 Å². The third-order valence-electron chi connectivity index (χ3n) is 4.85. The van der Waals surface area contributed by atoms with E-state index in [-0.39, 0.29) is 11.6 Å². The Kier molecular flexibility index (Phi) is 5.39. The van der Waals surface area contributed by atoms with Gasteiger partial charge < -0.3 is 19.8 Å². The van der Waals surface area contributed by atoms with E-state index in [1.807, 2.05) is 0 Å². The molecule has 0 unspecified atom stereocenters. The van der Waals surface area contributed by atoms with Gasteiger partial charge in [0.25, 0.3) is 11.5 Å². The predicted octanol–water partition coefficient (Wildman–Crippen LogP) is -0.710. The van der Waals surface area contributed by atoms with Crippen molar-refractivity contribution >= 4 is 23.5 Å². The molecule has 11 heteroatoms. The van der Waals surface area contributed by atoms with Gasteiger partial charge in [0.05, 0.1) is 6.26 Å². The zero-order chi connectivity index (χ0) is 21.3. The van der Waals surface area contributed by atoms with Crippen molar-refractivity contribution in [2.45, 2.75) is 18.9 Å². The minimum atomic E-state index is -0.873. The zero-order valence-corrected chi connectivity index (χ0v) is 15.9. The molecule has 1 atom stereocenters. The van der Waals surface area contributed by atoms with Gasteiger partial charge in [0, 0.05) is 20.6 Å². The monoisotopic (exact) mass is 404 g/mol. The van der Waals surface area contributed by atoms with E-state index < -0.39 is 47.1 Å². The van der Waals surface area contributed by atoms with Crippen molar-refractivity contribution in [3.63, 3.8) is 0 Å². The van der Waals surface area contributed by atoms with Crippen LogP contribution < -0.4 is 17.0 Å². The Balaban J connectivity index is 1.73. The van der Waals surface area contributed by atoms with Crippen molar-refractivity contribution in [3.8, 4) is 0 Å². The lowest BCUT2D eigenvalue weighted by atomic mass is 10.2. The number of esters is 1. The van der Waals surface area contributed by atoms with Gasteiger partial charge in [-0.05, 0) is 25.0 Å². The van der Waals surface area contributed by atoms with Gasteiger partial charge in [0.2, 0.25) is 5.78 Å². The number of carbonyl (C=O) groups excluding carboxylic acids is 3. The number of nitrogens with zero attached hydrogens (tertiary/aromatic N) is 3. The molecule has 1 aliphatic rings. The lowest BCUT2D eigenvalue weighted by molar-refractivity contribution is -0.147. The van der Waals surface area contributed by atoms with Crippen molar-refractivity contribution in [1.82, 2.24) is 14.0 Å². The average Bonchev–Trinajstić information content (AvgIpc) is 3.40. The van der Waals surface area contributed by atoms with Crippen LogP contribution in [0.25, 0.3) is 0 Å². The van der Waals surface area contributed by atoms with E-state index in [4.69, 9.17) is 14.9 Å². The number of ether oxygens (including phenoxy) is 1. The SMILES string of the molecule is Cn1c(N)c(C(=O)COC(=O)[C@@H]2CCCN2C(=O)c2ccco2)c(=O)n(C)c1=O. The third-order valence-corrected chi connectivity index (χ3v) is 4.85. The first kappa shape index (κ1) is 20.1. The number of amides is 1. The van der Waals surface area contributed by atoms with Crippen molar-refractivity contribution in [2.24, 2.45) is 14.1 Å². The number of rotatable bonds is 5. The standard InChI is InChI=1S/C18H20N4O7/c1-20-14(19)13(16(25)21(2)18(20)27)11(23)9-29-17(26)10-5-3-7-22(10)15(24)12-6-4-8-28-12/h4,6,8,10H,3,5,7,9,19H2,1-2H3/t10-/m0/s1. The van der Waals surface area contributed by atoms with Crippen LogP contribution >= 0.6 is 0 Å². The number of furan rings is 1. The summed E-state index contributed by atoms with van der Waals surface area (Å²) < 4.78 is 11.8. The summed E-state index contributed by atoms with van der Waals surface area (Å²) >= 11 is 0. The van der Waals surface area contributed by atoms with Crippen molar-refractivity contribution < 1.29 is 23.5 Å². The number of likely N-dealkylation sites (tertiary alicyclic amines) is 1. The molecule has 0 bridgehead atoms. The van der Waals surface area contributed by atoms with Gasteiger partial charge in [-0.1, -0.05) is 0 Å². The second-order valence-electron chi connectivity index (χ2n) is 6.63. The van der Waals surface area contributed by atoms with Gasteiger partial charge in [-0.25, -0.2) is 9.59 Å². The maximum Gasteiger partial charge on any atom is 0.332 e. The highest BCUT2D eigenvalue weighted by Crippen LogP contribution is 2.21. The molecule has 2 aromatic rings. The highest BCUT2D eigenvalue weighted by molar-refractivity contribution is 6.01. The van der Waals surface area contributed by atoms with Crippen LogP contribution in [-0.4, -0.2) is 50.9 Å². The molecule has 3 rings (SSSR count). The van der Waals surface area contributed by atoms with Crippen LogP contribution in [0, 0.1) is 0 Å². The van der Waals surface area contributed by atoms with Gasteiger partial charge in [0.1, 0.15) is 17.4 Å². The lowest BCUT2D eigenvalue weighted by Crippen LogP contribution is -2.43. The lowest BCUT2D eigenvalue weighted by Gasteiger charge is -2.22. The fourth-order valence-corrected chi connectivity index (χ4v) is 3.22. The summed E-state index contributed by atoms with van der Waals surface area (Å²) in [5.41, 5.74) is 3.74.